The van der Waals surface area contributed by atoms with E-state index >= 15 is 0 Å². The van der Waals surface area contributed by atoms with E-state index in [4.69, 9.17) is 10.6 Å². The van der Waals surface area contributed by atoms with Gasteiger partial charge in [0.25, 0.3) is 0 Å². The third-order valence-corrected chi connectivity index (χ3v) is 5.60. The molecule has 0 saturated heterocycles. The number of aryl methyl sites for hydroxylation is 1. The average molecular weight is 426 g/mol. The third kappa shape index (κ3) is 5.54. The van der Waals surface area contributed by atoms with E-state index in [9.17, 15) is 4.79 Å². The molecule has 1 aromatic heterocycles. The van der Waals surface area contributed by atoms with Crippen LogP contribution in [0.4, 0.5) is 5.69 Å². The maximum atomic E-state index is 12.3. The topological polar surface area (TPSA) is 95.1 Å². The molecule has 0 fully saturated rings. The van der Waals surface area contributed by atoms with Gasteiger partial charge in [0, 0.05) is 5.69 Å². The van der Waals surface area contributed by atoms with E-state index in [0.717, 1.165) is 23.4 Å². The highest BCUT2D eigenvalue weighted by Crippen LogP contribution is 2.21. The number of nitrogen functional groups attached to an aromatic ring is 1. The quantitative estimate of drug-likeness (QED) is 0.398. The van der Waals surface area contributed by atoms with Crippen molar-refractivity contribution in [2.24, 2.45) is 0 Å². The Morgan fingerprint density at radius 3 is 2.60 bits per heavy atom. The maximum absolute atomic E-state index is 12.3. The van der Waals surface area contributed by atoms with Gasteiger partial charge in [0.1, 0.15) is 12.4 Å². The molecule has 0 saturated carbocycles. The zero-order valence-electron chi connectivity index (χ0n) is 17.5. The first-order valence-corrected chi connectivity index (χ1v) is 10.9. The second-order valence-corrected chi connectivity index (χ2v) is 8.07. The first-order valence-electron chi connectivity index (χ1n) is 9.90. The fourth-order valence-electron chi connectivity index (χ4n) is 2.87. The number of carbonyl (C=O) groups is 1. The molecule has 1 amide bonds. The second kappa shape index (κ2) is 10.2. The number of ether oxygens (including phenoxy) is 1. The highest BCUT2D eigenvalue weighted by Gasteiger charge is 2.14. The minimum atomic E-state index is -0.119. The Hall–Kier alpha value is -3.00. The van der Waals surface area contributed by atoms with Crippen LogP contribution in [0.5, 0.6) is 5.75 Å². The van der Waals surface area contributed by atoms with E-state index in [1.54, 1.807) is 0 Å². The van der Waals surface area contributed by atoms with Crippen molar-refractivity contribution in [1.29, 1.82) is 0 Å². The first kappa shape index (κ1) is 21.7. The number of thioether (sulfide) groups is 1. The molecule has 2 aromatic carbocycles. The molecule has 0 radical (unpaired) electrons. The molecule has 0 unspecified atom stereocenters. The Kier molecular flexibility index (Phi) is 7.35. The lowest BCUT2D eigenvalue weighted by Crippen LogP contribution is -2.18. The number of hydrogen-bond donors (Lipinski definition) is 2. The molecular formula is C22H27N5O2S. The molecule has 0 aliphatic rings. The lowest BCUT2D eigenvalue weighted by molar-refractivity contribution is -0.113. The molecule has 8 heteroatoms. The van der Waals surface area contributed by atoms with E-state index in [0.29, 0.717) is 16.9 Å². The fourth-order valence-corrected chi connectivity index (χ4v) is 3.54. The van der Waals surface area contributed by atoms with Gasteiger partial charge < -0.3 is 15.9 Å². The number of rotatable bonds is 9. The summed E-state index contributed by atoms with van der Waals surface area (Å²) in [5, 5.41) is 11.5. The number of anilines is 1. The molecule has 0 aliphatic carbocycles. The van der Waals surface area contributed by atoms with Crippen LogP contribution in [0.15, 0.2) is 53.7 Å². The van der Waals surface area contributed by atoms with Crippen LogP contribution in [0, 0.1) is 0 Å². The summed E-state index contributed by atoms with van der Waals surface area (Å²) in [6, 6.07) is 15.7. The molecule has 0 atom stereocenters. The van der Waals surface area contributed by atoms with E-state index < -0.39 is 0 Å². The molecule has 0 aliphatic heterocycles. The number of benzene rings is 2. The number of para-hydroxylation sites is 1. The molecule has 158 valence electrons. The Balaban J connectivity index is 1.53. The number of amides is 1. The van der Waals surface area contributed by atoms with Gasteiger partial charge in [0.05, 0.1) is 5.75 Å². The highest BCUT2D eigenvalue weighted by atomic mass is 32.2. The van der Waals surface area contributed by atoms with Crippen LogP contribution in [-0.2, 0) is 17.8 Å². The van der Waals surface area contributed by atoms with E-state index in [1.807, 2.05) is 48.5 Å². The van der Waals surface area contributed by atoms with Crippen molar-refractivity contribution >= 4 is 23.4 Å². The smallest absolute Gasteiger partial charge is 0.234 e. The van der Waals surface area contributed by atoms with Gasteiger partial charge in [0.15, 0.2) is 5.82 Å². The van der Waals surface area contributed by atoms with Crippen LogP contribution in [0.25, 0.3) is 0 Å². The highest BCUT2D eigenvalue weighted by molar-refractivity contribution is 7.99. The minimum absolute atomic E-state index is 0.119. The normalized spacial score (nSPS) is 10.9. The summed E-state index contributed by atoms with van der Waals surface area (Å²) in [6.07, 6.45) is 0.851. The molecule has 1 heterocycles. The Morgan fingerprint density at radius 2 is 1.90 bits per heavy atom. The second-order valence-electron chi connectivity index (χ2n) is 7.13. The van der Waals surface area contributed by atoms with E-state index in [2.05, 4.69) is 36.3 Å². The van der Waals surface area contributed by atoms with Crippen LogP contribution in [0.1, 0.15) is 43.6 Å². The van der Waals surface area contributed by atoms with Crippen LogP contribution in [0.3, 0.4) is 0 Å². The van der Waals surface area contributed by atoms with Gasteiger partial charge in [-0.3, -0.25) is 4.79 Å². The van der Waals surface area contributed by atoms with Crippen molar-refractivity contribution in [3.05, 3.63) is 65.5 Å². The molecule has 3 rings (SSSR count). The van der Waals surface area contributed by atoms with Crippen molar-refractivity contribution < 1.29 is 9.53 Å². The standard InChI is InChI=1S/C22H27N5O2S/c1-4-16-7-5-6-8-19(16)24-21(28)14-30-22-26-25-20(27(22)23)13-29-18-11-9-17(10-12-18)15(2)3/h5-12,15H,4,13-14,23H2,1-3H3,(H,24,28). The van der Waals surface area contributed by atoms with Gasteiger partial charge in [-0.05, 0) is 41.7 Å². The summed E-state index contributed by atoms with van der Waals surface area (Å²) in [7, 11) is 0. The van der Waals surface area contributed by atoms with Crippen LogP contribution < -0.4 is 15.9 Å². The monoisotopic (exact) mass is 425 g/mol. The number of nitrogens with two attached hydrogens (primary N) is 1. The summed E-state index contributed by atoms with van der Waals surface area (Å²) in [6.45, 7) is 6.55. The third-order valence-electron chi connectivity index (χ3n) is 4.65. The summed E-state index contributed by atoms with van der Waals surface area (Å²) >= 11 is 1.23. The molecule has 30 heavy (non-hydrogen) atoms. The predicted octanol–water partition coefficient (Wildman–Crippen LogP) is 3.99. The van der Waals surface area contributed by atoms with Gasteiger partial charge >= 0.3 is 0 Å². The number of nitrogens with zero attached hydrogens (tertiary/aromatic N) is 3. The zero-order valence-corrected chi connectivity index (χ0v) is 18.3. The van der Waals surface area contributed by atoms with Crippen molar-refractivity contribution in [2.75, 3.05) is 16.9 Å². The fraction of sp³-hybridized carbons (Fsp3) is 0.318. The van der Waals surface area contributed by atoms with E-state index in [-0.39, 0.29) is 18.3 Å². The van der Waals surface area contributed by atoms with Crippen molar-refractivity contribution in [3.8, 4) is 5.75 Å². The summed E-state index contributed by atoms with van der Waals surface area (Å²) in [4.78, 5) is 12.3. The number of nitrogens with one attached hydrogen (secondary N) is 1. The first-order chi connectivity index (χ1) is 14.5. The minimum Gasteiger partial charge on any atom is -0.486 e. The molecule has 0 bridgehead atoms. The zero-order chi connectivity index (χ0) is 21.5. The van der Waals surface area contributed by atoms with Crippen LogP contribution in [-0.4, -0.2) is 26.5 Å². The lowest BCUT2D eigenvalue weighted by Gasteiger charge is -2.10. The Labute approximate surface area is 181 Å². The predicted molar refractivity (Wildman–Crippen MR) is 120 cm³/mol. The Bertz CT molecular complexity index is 985. The Morgan fingerprint density at radius 1 is 1.17 bits per heavy atom. The lowest BCUT2D eigenvalue weighted by atomic mass is 10.0. The van der Waals surface area contributed by atoms with Crippen molar-refractivity contribution in [3.63, 3.8) is 0 Å². The molecule has 3 aromatic rings. The number of aromatic nitrogens is 3. The number of carbonyl (C=O) groups excluding carboxylic acids is 1. The molecule has 0 spiro atoms. The van der Waals surface area contributed by atoms with Crippen molar-refractivity contribution in [1.82, 2.24) is 14.9 Å². The molecule has 3 N–H and O–H groups in total. The van der Waals surface area contributed by atoms with Gasteiger partial charge in [0.2, 0.25) is 11.1 Å². The molecular weight excluding hydrogens is 398 g/mol. The largest absolute Gasteiger partial charge is 0.486 e. The maximum Gasteiger partial charge on any atom is 0.234 e. The van der Waals surface area contributed by atoms with E-state index in [1.165, 1.54) is 22.0 Å². The number of hydrogen-bond acceptors (Lipinski definition) is 6. The van der Waals surface area contributed by atoms with Gasteiger partial charge in [-0.2, -0.15) is 0 Å². The van der Waals surface area contributed by atoms with Crippen molar-refractivity contribution in [2.45, 2.75) is 44.9 Å². The van der Waals surface area contributed by atoms with Gasteiger partial charge in [-0.25, -0.2) is 4.68 Å². The van der Waals surface area contributed by atoms with Crippen LogP contribution in [0.2, 0.25) is 0 Å². The van der Waals surface area contributed by atoms with Crippen LogP contribution >= 0.6 is 11.8 Å². The van der Waals surface area contributed by atoms with Gasteiger partial charge in [-0.1, -0.05) is 62.9 Å². The summed E-state index contributed by atoms with van der Waals surface area (Å²) in [5.74, 6) is 7.84. The average Bonchev–Trinajstić information content (AvgIpc) is 3.11. The van der Waals surface area contributed by atoms with Gasteiger partial charge in [-0.15, -0.1) is 10.2 Å². The SMILES string of the molecule is CCc1ccccc1NC(=O)CSc1nnc(COc2ccc(C(C)C)cc2)n1N. The molecule has 7 nitrogen and oxygen atoms in total. The summed E-state index contributed by atoms with van der Waals surface area (Å²) < 4.78 is 7.12. The summed E-state index contributed by atoms with van der Waals surface area (Å²) in [5.41, 5.74) is 3.18.